The number of hydrogen-bond acceptors (Lipinski definition) is 5. The van der Waals surface area contributed by atoms with Crippen molar-refractivity contribution in [1.82, 2.24) is 0 Å². The summed E-state index contributed by atoms with van der Waals surface area (Å²) in [5.74, 6) is 1.69. The molecule has 5 nitrogen and oxygen atoms in total. The van der Waals surface area contributed by atoms with Gasteiger partial charge in [0.2, 0.25) is 0 Å². The van der Waals surface area contributed by atoms with Crippen molar-refractivity contribution in [2.24, 2.45) is 5.73 Å². The third kappa shape index (κ3) is 4.19. The van der Waals surface area contributed by atoms with Gasteiger partial charge in [0.05, 0.1) is 26.4 Å². The van der Waals surface area contributed by atoms with Crippen LogP contribution in [0.25, 0.3) is 0 Å². The van der Waals surface area contributed by atoms with Crippen molar-refractivity contribution in [2.45, 2.75) is 32.1 Å². The van der Waals surface area contributed by atoms with Gasteiger partial charge >= 0.3 is 0 Å². The molecule has 0 spiro atoms. The molecule has 0 saturated heterocycles. The predicted molar refractivity (Wildman–Crippen MR) is 93.5 cm³/mol. The van der Waals surface area contributed by atoms with Crippen LogP contribution in [0, 0.1) is 0 Å². The van der Waals surface area contributed by atoms with E-state index < -0.39 is 12.1 Å². The second kappa shape index (κ2) is 8.57. The molecule has 130 valence electrons. The molecule has 2 atom stereocenters. The van der Waals surface area contributed by atoms with Gasteiger partial charge in [0, 0.05) is 11.6 Å². The van der Waals surface area contributed by atoms with Crippen molar-refractivity contribution < 1.29 is 19.3 Å². The molecule has 2 aromatic carbocycles. The van der Waals surface area contributed by atoms with Crippen LogP contribution >= 0.6 is 0 Å². The Morgan fingerprint density at radius 1 is 1.00 bits per heavy atom. The molecular weight excluding hydrogens is 306 g/mol. The first-order valence-electron chi connectivity index (χ1n) is 7.97. The fourth-order valence-electron chi connectivity index (χ4n) is 2.46. The Hall–Kier alpha value is -2.24. The van der Waals surface area contributed by atoms with Gasteiger partial charge < -0.3 is 25.1 Å². The Bertz CT molecular complexity index is 645. The molecule has 3 N–H and O–H groups in total. The number of ether oxygens (including phenoxy) is 3. The van der Waals surface area contributed by atoms with Crippen LogP contribution in [0.4, 0.5) is 0 Å². The number of methoxy groups -OCH3 is 2. The van der Waals surface area contributed by atoms with Gasteiger partial charge in [-0.3, -0.25) is 0 Å². The number of nitrogens with two attached hydrogens (primary N) is 1. The molecule has 0 aromatic heterocycles. The summed E-state index contributed by atoms with van der Waals surface area (Å²) < 4.78 is 16.6. The molecule has 0 saturated carbocycles. The van der Waals surface area contributed by atoms with Crippen molar-refractivity contribution in [3.63, 3.8) is 0 Å². The van der Waals surface area contributed by atoms with E-state index in [-0.39, 0.29) is 0 Å². The van der Waals surface area contributed by atoms with E-state index in [9.17, 15) is 5.11 Å². The van der Waals surface area contributed by atoms with Gasteiger partial charge in [0.25, 0.3) is 0 Å². The fraction of sp³-hybridized carbons (Fsp3) is 0.368. The molecule has 0 heterocycles. The predicted octanol–water partition coefficient (Wildman–Crippen LogP) is 3.05. The van der Waals surface area contributed by atoms with Crippen molar-refractivity contribution in [3.05, 3.63) is 53.6 Å². The van der Waals surface area contributed by atoms with Crippen LogP contribution in [0.3, 0.4) is 0 Å². The van der Waals surface area contributed by atoms with Crippen LogP contribution < -0.4 is 19.9 Å². The standard InChI is InChI=1S/C19H25NO4/c1-4-15(21)19(20)14-10-17(22-2)18(23-3)11-16(14)24-12-13-8-6-5-7-9-13/h5-11,15,19,21H,4,12,20H2,1-3H3/t15-,19+/m1/s1. The highest BCUT2D eigenvalue weighted by Gasteiger charge is 2.22. The molecule has 5 heteroatoms. The van der Waals surface area contributed by atoms with Crippen LogP contribution in [0.1, 0.15) is 30.5 Å². The summed E-state index contributed by atoms with van der Waals surface area (Å²) in [5, 5.41) is 10.1. The Labute approximate surface area is 143 Å². The highest BCUT2D eigenvalue weighted by molar-refractivity contribution is 5.52. The molecule has 0 unspecified atom stereocenters. The van der Waals surface area contributed by atoms with E-state index in [1.807, 2.05) is 37.3 Å². The first-order chi connectivity index (χ1) is 11.6. The lowest BCUT2D eigenvalue weighted by atomic mass is 9.99. The number of aliphatic hydroxyl groups excluding tert-OH is 1. The first-order valence-corrected chi connectivity index (χ1v) is 7.97. The number of aliphatic hydroxyl groups is 1. The average molecular weight is 331 g/mol. The van der Waals surface area contributed by atoms with E-state index in [1.165, 1.54) is 0 Å². The minimum absolute atomic E-state index is 0.401. The number of rotatable bonds is 8. The quantitative estimate of drug-likeness (QED) is 0.778. The van der Waals surface area contributed by atoms with E-state index in [4.69, 9.17) is 19.9 Å². The van der Waals surface area contributed by atoms with Gasteiger partial charge in [-0.15, -0.1) is 0 Å². The largest absolute Gasteiger partial charge is 0.493 e. The minimum Gasteiger partial charge on any atom is -0.493 e. The maximum absolute atomic E-state index is 10.1. The van der Waals surface area contributed by atoms with E-state index in [1.54, 1.807) is 26.4 Å². The summed E-state index contributed by atoms with van der Waals surface area (Å²) in [4.78, 5) is 0. The molecule has 0 bridgehead atoms. The van der Waals surface area contributed by atoms with Crippen molar-refractivity contribution in [3.8, 4) is 17.2 Å². The molecule has 2 rings (SSSR count). The Morgan fingerprint density at radius 2 is 1.62 bits per heavy atom. The van der Waals surface area contributed by atoms with Gasteiger partial charge in [0.15, 0.2) is 11.5 Å². The maximum Gasteiger partial charge on any atom is 0.164 e. The Balaban J connectivity index is 2.35. The maximum atomic E-state index is 10.1. The zero-order chi connectivity index (χ0) is 17.5. The summed E-state index contributed by atoms with van der Waals surface area (Å²) in [7, 11) is 3.13. The summed E-state index contributed by atoms with van der Waals surface area (Å²) in [6.45, 7) is 2.29. The van der Waals surface area contributed by atoms with Crippen LogP contribution in [0.15, 0.2) is 42.5 Å². The lowest BCUT2D eigenvalue weighted by Gasteiger charge is -2.22. The Kier molecular flexibility index (Phi) is 6.46. The van der Waals surface area contributed by atoms with E-state index in [0.717, 1.165) is 5.56 Å². The zero-order valence-electron chi connectivity index (χ0n) is 14.4. The van der Waals surface area contributed by atoms with E-state index >= 15 is 0 Å². The number of benzene rings is 2. The second-order valence-electron chi connectivity index (χ2n) is 5.52. The van der Waals surface area contributed by atoms with E-state index in [2.05, 4.69) is 0 Å². The molecule has 0 radical (unpaired) electrons. The monoisotopic (exact) mass is 331 g/mol. The SMILES string of the molecule is CC[C@@H](O)[C@@H](N)c1cc(OC)c(OC)cc1OCc1ccccc1. The lowest BCUT2D eigenvalue weighted by Crippen LogP contribution is -2.26. The summed E-state index contributed by atoms with van der Waals surface area (Å²) >= 11 is 0. The van der Waals surface area contributed by atoms with Crippen molar-refractivity contribution in [1.29, 1.82) is 0 Å². The van der Waals surface area contributed by atoms with Gasteiger partial charge in [-0.2, -0.15) is 0 Å². The lowest BCUT2D eigenvalue weighted by molar-refractivity contribution is 0.138. The van der Waals surface area contributed by atoms with Gasteiger partial charge in [0.1, 0.15) is 12.4 Å². The third-order valence-corrected chi connectivity index (χ3v) is 3.95. The molecule has 0 fully saturated rings. The molecule has 0 amide bonds. The van der Waals surface area contributed by atoms with E-state index in [0.29, 0.717) is 35.8 Å². The average Bonchev–Trinajstić information content (AvgIpc) is 2.65. The van der Waals surface area contributed by atoms with Crippen molar-refractivity contribution in [2.75, 3.05) is 14.2 Å². The normalized spacial score (nSPS) is 13.2. The van der Waals surface area contributed by atoms with Crippen LogP contribution in [0.2, 0.25) is 0 Å². The second-order valence-corrected chi connectivity index (χ2v) is 5.52. The van der Waals surface area contributed by atoms with Gasteiger partial charge in [-0.25, -0.2) is 0 Å². The smallest absolute Gasteiger partial charge is 0.164 e. The van der Waals surface area contributed by atoms with Crippen LogP contribution in [-0.2, 0) is 6.61 Å². The zero-order valence-corrected chi connectivity index (χ0v) is 14.4. The van der Waals surface area contributed by atoms with Gasteiger partial charge in [-0.05, 0) is 18.1 Å². The fourth-order valence-corrected chi connectivity index (χ4v) is 2.46. The Morgan fingerprint density at radius 3 is 2.21 bits per heavy atom. The highest BCUT2D eigenvalue weighted by atomic mass is 16.5. The summed E-state index contributed by atoms with van der Waals surface area (Å²) in [6, 6.07) is 12.8. The molecular formula is C19H25NO4. The molecule has 0 aliphatic rings. The molecule has 2 aromatic rings. The molecule has 0 aliphatic carbocycles. The molecule has 0 aliphatic heterocycles. The van der Waals surface area contributed by atoms with Crippen LogP contribution in [0.5, 0.6) is 17.2 Å². The summed E-state index contributed by atoms with van der Waals surface area (Å²) in [5.41, 5.74) is 7.94. The first kappa shape index (κ1) is 18.1. The number of hydrogen-bond donors (Lipinski definition) is 2. The van der Waals surface area contributed by atoms with Crippen molar-refractivity contribution >= 4 is 0 Å². The highest BCUT2D eigenvalue weighted by Crippen LogP contribution is 2.38. The minimum atomic E-state index is -0.665. The summed E-state index contributed by atoms with van der Waals surface area (Å²) in [6.07, 6.45) is -0.115. The van der Waals surface area contributed by atoms with Crippen LogP contribution in [-0.4, -0.2) is 25.4 Å². The molecule has 24 heavy (non-hydrogen) atoms. The third-order valence-electron chi connectivity index (χ3n) is 3.95. The topological polar surface area (TPSA) is 73.9 Å². The van der Waals surface area contributed by atoms with Gasteiger partial charge in [-0.1, -0.05) is 37.3 Å².